The van der Waals surface area contributed by atoms with E-state index >= 15 is 0 Å². The molecule has 7 heteroatoms. The zero-order chi connectivity index (χ0) is 18.2. The van der Waals surface area contributed by atoms with Gasteiger partial charge < -0.3 is 15.4 Å². The lowest BCUT2D eigenvalue weighted by Crippen LogP contribution is -2.26. The standard InChI is InChI=1S/C19H19N3O3S/c23-17(22-18-21-15-9-4-5-10-16(15)26-18)11-6-12-20-19(24)25-13-14-7-2-1-3-8-14/h1-5,7-10H,6,11-13H2,(H,20,24)(H,21,22,23). The van der Waals surface area contributed by atoms with Crippen LogP contribution in [0.2, 0.25) is 0 Å². The molecule has 134 valence electrons. The third-order valence-corrected chi connectivity index (χ3v) is 4.55. The summed E-state index contributed by atoms with van der Waals surface area (Å²) in [5.74, 6) is -0.122. The molecule has 0 unspecified atom stereocenters. The molecule has 0 atom stereocenters. The molecule has 0 saturated carbocycles. The number of para-hydroxylation sites is 1. The molecule has 26 heavy (non-hydrogen) atoms. The molecule has 2 amide bonds. The molecule has 0 spiro atoms. The van der Waals surface area contributed by atoms with Crippen molar-refractivity contribution in [2.45, 2.75) is 19.4 Å². The molecule has 2 N–H and O–H groups in total. The van der Waals surface area contributed by atoms with Crippen molar-refractivity contribution in [2.24, 2.45) is 0 Å². The van der Waals surface area contributed by atoms with Crippen LogP contribution in [0.15, 0.2) is 54.6 Å². The van der Waals surface area contributed by atoms with Gasteiger partial charge in [0.25, 0.3) is 0 Å². The van der Waals surface area contributed by atoms with E-state index in [-0.39, 0.29) is 12.5 Å². The van der Waals surface area contributed by atoms with Gasteiger partial charge in [-0.15, -0.1) is 0 Å². The zero-order valence-corrected chi connectivity index (χ0v) is 14.9. The van der Waals surface area contributed by atoms with E-state index in [9.17, 15) is 9.59 Å². The summed E-state index contributed by atoms with van der Waals surface area (Å²) in [6.07, 6.45) is 0.340. The predicted octanol–water partition coefficient (Wildman–Crippen LogP) is 3.94. The number of hydrogen-bond donors (Lipinski definition) is 2. The Bertz CT molecular complexity index is 847. The van der Waals surface area contributed by atoms with Crippen molar-refractivity contribution in [3.8, 4) is 0 Å². The van der Waals surface area contributed by atoms with Crippen molar-refractivity contribution in [1.29, 1.82) is 0 Å². The molecule has 3 rings (SSSR count). The predicted molar refractivity (Wildman–Crippen MR) is 102 cm³/mol. The van der Waals surface area contributed by atoms with Crippen molar-refractivity contribution in [3.63, 3.8) is 0 Å². The minimum absolute atomic E-state index is 0.122. The van der Waals surface area contributed by atoms with Gasteiger partial charge in [-0.3, -0.25) is 4.79 Å². The fraction of sp³-hybridized carbons (Fsp3) is 0.211. The minimum Gasteiger partial charge on any atom is -0.445 e. The second-order valence-electron chi connectivity index (χ2n) is 5.63. The van der Waals surface area contributed by atoms with Gasteiger partial charge in [0, 0.05) is 13.0 Å². The number of amides is 2. The van der Waals surface area contributed by atoms with Crippen molar-refractivity contribution in [2.75, 3.05) is 11.9 Å². The number of thiazole rings is 1. The largest absolute Gasteiger partial charge is 0.445 e. The number of benzene rings is 2. The zero-order valence-electron chi connectivity index (χ0n) is 14.1. The summed E-state index contributed by atoms with van der Waals surface area (Å²) < 4.78 is 6.14. The van der Waals surface area contributed by atoms with Crippen LogP contribution in [0.3, 0.4) is 0 Å². The molecule has 0 aliphatic carbocycles. The molecule has 0 radical (unpaired) electrons. The average Bonchev–Trinajstić information content (AvgIpc) is 3.06. The first-order valence-electron chi connectivity index (χ1n) is 8.31. The number of carbonyl (C=O) groups is 2. The highest BCUT2D eigenvalue weighted by atomic mass is 32.1. The Balaban J connectivity index is 1.32. The summed E-state index contributed by atoms with van der Waals surface area (Å²) in [5.41, 5.74) is 1.80. The molecule has 1 heterocycles. The van der Waals surface area contributed by atoms with Crippen LogP contribution in [0.25, 0.3) is 10.2 Å². The second-order valence-corrected chi connectivity index (χ2v) is 6.66. The average molecular weight is 369 g/mol. The fourth-order valence-corrected chi connectivity index (χ4v) is 3.20. The fourth-order valence-electron chi connectivity index (χ4n) is 2.32. The lowest BCUT2D eigenvalue weighted by Gasteiger charge is -2.07. The topological polar surface area (TPSA) is 80.3 Å². The van der Waals surface area contributed by atoms with E-state index in [1.807, 2.05) is 54.6 Å². The summed E-state index contributed by atoms with van der Waals surface area (Å²) in [7, 11) is 0. The Morgan fingerprint density at radius 2 is 1.81 bits per heavy atom. The van der Waals surface area contributed by atoms with Gasteiger partial charge in [0.15, 0.2) is 5.13 Å². The van der Waals surface area contributed by atoms with E-state index in [2.05, 4.69) is 15.6 Å². The van der Waals surface area contributed by atoms with Crippen LogP contribution in [-0.2, 0) is 16.1 Å². The number of anilines is 1. The molecular weight excluding hydrogens is 350 g/mol. The van der Waals surface area contributed by atoms with Crippen molar-refractivity contribution < 1.29 is 14.3 Å². The maximum absolute atomic E-state index is 12.0. The second kappa shape index (κ2) is 8.96. The highest BCUT2D eigenvalue weighted by molar-refractivity contribution is 7.22. The van der Waals surface area contributed by atoms with E-state index in [0.29, 0.717) is 24.5 Å². The van der Waals surface area contributed by atoms with E-state index < -0.39 is 6.09 Å². The van der Waals surface area contributed by atoms with Gasteiger partial charge >= 0.3 is 6.09 Å². The van der Waals surface area contributed by atoms with Crippen molar-refractivity contribution in [1.82, 2.24) is 10.3 Å². The van der Waals surface area contributed by atoms with E-state index in [4.69, 9.17) is 4.74 Å². The minimum atomic E-state index is -0.486. The lowest BCUT2D eigenvalue weighted by molar-refractivity contribution is -0.116. The van der Waals surface area contributed by atoms with E-state index in [1.54, 1.807) is 0 Å². The highest BCUT2D eigenvalue weighted by Crippen LogP contribution is 2.25. The molecular formula is C19H19N3O3S. The van der Waals surface area contributed by atoms with Crippen LogP contribution in [-0.4, -0.2) is 23.5 Å². The van der Waals surface area contributed by atoms with Gasteiger partial charge in [0.2, 0.25) is 5.91 Å². The van der Waals surface area contributed by atoms with Gasteiger partial charge in [-0.2, -0.15) is 0 Å². The van der Waals surface area contributed by atoms with Crippen LogP contribution in [0.4, 0.5) is 9.93 Å². The Morgan fingerprint density at radius 1 is 1.04 bits per heavy atom. The number of nitrogens with zero attached hydrogens (tertiary/aromatic N) is 1. The summed E-state index contributed by atoms with van der Waals surface area (Å²) in [5, 5.41) is 6.02. The maximum Gasteiger partial charge on any atom is 0.407 e. The number of hydrogen-bond acceptors (Lipinski definition) is 5. The third-order valence-electron chi connectivity index (χ3n) is 3.60. The molecule has 0 bridgehead atoms. The lowest BCUT2D eigenvalue weighted by atomic mass is 10.2. The van der Waals surface area contributed by atoms with Gasteiger partial charge in [-0.25, -0.2) is 9.78 Å². The van der Waals surface area contributed by atoms with Gasteiger partial charge in [-0.05, 0) is 24.1 Å². The van der Waals surface area contributed by atoms with E-state index in [0.717, 1.165) is 15.8 Å². The molecule has 0 aliphatic heterocycles. The number of carbonyl (C=O) groups excluding carboxylic acids is 2. The normalized spacial score (nSPS) is 10.5. The van der Waals surface area contributed by atoms with Crippen molar-refractivity contribution >= 4 is 38.7 Å². The van der Waals surface area contributed by atoms with Crippen molar-refractivity contribution in [3.05, 3.63) is 60.2 Å². The quantitative estimate of drug-likeness (QED) is 0.618. The van der Waals surface area contributed by atoms with Crippen LogP contribution >= 0.6 is 11.3 Å². The summed E-state index contributed by atoms with van der Waals surface area (Å²) >= 11 is 1.44. The number of rotatable bonds is 7. The Kier molecular flexibility index (Phi) is 6.16. The van der Waals surface area contributed by atoms with Crippen LogP contribution in [0, 0.1) is 0 Å². The summed E-state index contributed by atoms with van der Waals surface area (Å²) in [6, 6.07) is 17.2. The Hall–Kier alpha value is -2.93. The smallest absolute Gasteiger partial charge is 0.407 e. The van der Waals surface area contributed by atoms with Gasteiger partial charge in [0.1, 0.15) is 6.61 Å². The molecule has 0 aliphatic rings. The number of ether oxygens (including phenoxy) is 1. The monoisotopic (exact) mass is 369 g/mol. The first-order valence-corrected chi connectivity index (χ1v) is 9.12. The van der Waals surface area contributed by atoms with E-state index in [1.165, 1.54) is 11.3 Å². The Labute approximate surface area is 155 Å². The number of aromatic nitrogens is 1. The number of nitrogens with one attached hydrogen (secondary N) is 2. The number of alkyl carbamates (subject to hydrolysis) is 1. The van der Waals surface area contributed by atoms with Gasteiger partial charge in [0.05, 0.1) is 10.2 Å². The third kappa shape index (κ3) is 5.29. The molecule has 0 fully saturated rings. The molecule has 2 aromatic carbocycles. The number of fused-ring (bicyclic) bond motifs is 1. The highest BCUT2D eigenvalue weighted by Gasteiger charge is 2.08. The summed E-state index contributed by atoms with van der Waals surface area (Å²) in [4.78, 5) is 27.9. The SMILES string of the molecule is O=C(CCCNC(=O)OCc1ccccc1)Nc1nc2ccccc2s1. The molecule has 1 aromatic heterocycles. The van der Waals surface area contributed by atoms with Crippen LogP contribution in [0.1, 0.15) is 18.4 Å². The Morgan fingerprint density at radius 3 is 2.62 bits per heavy atom. The van der Waals surface area contributed by atoms with Crippen LogP contribution in [0.5, 0.6) is 0 Å². The first kappa shape index (κ1) is 17.9. The molecule has 3 aromatic rings. The first-order chi connectivity index (χ1) is 12.7. The summed E-state index contributed by atoms with van der Waals surface area (Å²) in [6.45, 7) is 0.603. The molecule has 6 nitrogen and oxygen atoms in total. The molecule has 0 saturated heterocycles. The van der Waals surface area contributed by atoms with Gasteiger partial charge in [-0.1, -0.05) is 53.8 Å². The van der Waals surface area contributed by atoms with Crippen LogP contribution < -0.4 is 10.6 Å². The maximum atomic E-state index is 12.0.